The number of aromatic amines is 1. The van der Waals surface area contributed by atoms with Gasteiger partial charge in [0.25, 0.3) is 0 Å². The molecule has 0 unspecified atom stereocenters. The molecule has 2 N–H and O–H groups in total. The summed E-state index contributed by atoms with van der Waals surface area (Å²) in [7, 11) is 0. The molecule has 1 aromatic heterocycles. The van der Waals surface area contributed by atoms with Crippen molar-refractivity contribution < 1.29 is 4.79 Å². The van der Waals surface area contributed by atoms with E-state index in [1.165, 1.54) is 0 Å². The molecule has 0 radical (unpaired) electrons. The van der Waals surface area contributed by atoms with Crippen molar-refractivity contribution in [3.05, 3.63) is 12.4 Å². The first-order valence-electron chi connectivity index (χ1n) is 2.13. The highest BCUT2D eigenvalue weighted by molar-refractivity contribution is 5.66. The van der Waals surface area contributed by atoms with Gasteiger partial charge in [-0.05, 0) is 0 Å². The average Bonchev–Trinajstić information content (AvgIpc) is 2.19. The Kier molecular flexibility index (Phi) is 1.27. The van der Waals surface area contributed by atoms with Crippen LogP contribution in [0.4, 0.5) is 5.95 Å². The highest BCUT2D eigenvalue weighted by atomic mass is 16.1. The van der Waals surface area contributed by atoms with E-state index in [2.05, 4.69) is 15.3 Å². The number of imidazole rings is 1. The van der Waals surface area contributed by atoms with Crippen LogP contribution < -0.4 is 5.32 Å². The normalized spacial score (nSPS) is 8.50. The Labute approximate surface area is 45.9 Å². The maximum Gasteiger partial charge on any atom is 0.213 e. The van der Waals surface area contributed by atoms with E-state index < -0.39 is 0 Å². The Hall–Kier alpha value is -1.32. The molecule has 42 valence electrons. The van der Waals surface area contributed by atoms with E-state index in [0.29, 0.717) is 12.4 Å². The summed E-state index contributed by atoms with van der Waals surface area (Å²) in [4.78, 5) is 16.1. The standard InChI is InChI=1S/C4H5N3O/c8-3-7-4-5-1-2-6-4/h1-3H,(H2,5,6,7,8). The molecular weight excluding hydrogens is 106 g/mol. The molecule has 0 saturated carbocycles. The topological polar surface area (TPSA) is 57.8 Å². The van der Waals surface area contributed by atoms with Gasteiger partial charge in [-0.2, -0.15) is 0 Å². The second-order valence-corrected chi connectivity index (χ2v) is 1.20. The molecule has 4 nitrogen and oxygen atoms in total. The van der Waals surface area contributed by atoms with E-state index >= 15 is 0 Å². The number of carbonyl (C=O) groups is 1. The van der Waals surface area contributed by atoms with Gasteiger partial charge in [0, 0.05) is 12.4 Å². The molecule has 1 amide bonds. The van der Waals surface area contributed by atoms with Crippen molar-refractivity contribution >= 4 is 12.4 Å². The van der Waals surface area contributed by atoms with Gasteiger partial charge in [-0.15, -0.1) is 0 Å². The number of nitrogens with one attached hydrogen (secondary N) is 2. The molecule has 0 fully saturated rings. The van der Waals surface area contributed by atoms with Gasteiger partial charge >= 0.3 is 0 Å². The molecule has 1 heterocycles. The van der Waals surface area contributed by atoms with Crippen molar-refractivity contribution in [1.29, 1.82) is 0 Å². The van der Waals surface area contributed by atoms with Gasteiger partial charge in [0.05, 0.1) is 0 Å². The average molecular weight is 111 g/mol. The molecule has 1 rings (SSSR count). The summed E-state index contributed by atoms with van der Waals surface area (Å²) in [6.45, 7) is 0. The van der Waals surface area contributed by atoms with Crippen LogP contribution in [0, 0.1) is 0 Å². The zero-order valence-electron chi connectivity index (χ0n) is 4.09. The Morgan fingerprint density at radius 2 is 2.75 bits per heavy atom. The van der Waals surface area contributed by atoms with Crippen LogP contribution in [0.2, 0.25) is 0 Å². The smallest absolute Gasteiger partial charge is 0.213 e. The monoisotopic (exact) mass is 111 g/mol. The number of H-pyrrole nitrogens is 1. The van der Waals surface area contributed by atoms with Crippen LogP contribution >= 0.6 is 0 Å². The summed E-state index contributed by atoms with van der Waals surface area (Å²) >= 11 is 0. The number of anilines is 1. The number of aromatic nitrogens is 2. The predicted octanol–water partition coefficient (Wildman–Crippen LogP) is -0.0220. The maximum absolute atomic E-state index is 9.70. The molecule has 0 spiro atoms. The minimum absolute atomic E-state index is 0.472. The molecule has 0 aliphatic carbocycles. The first-order valence-corrected chi connectivity index (χ1v) is 2.13. The summed E-state index contributed by atoms with van der Waals surface area (Å²) in [6.07, 6.45) is 3.76. The van der Waals surface area contributed by atoms with Crippen LogP contribution in [-0.2, 0) is 4.79 Å². The molecular formula is C4H5N3O. The van der Waals surface area contributed by atoms with Gasteiger partial charge in [-0.1, -0.05) is 0 Å². The third-order valence-corrected chi connectivity index (χ3v) is 0.694. The van der Waals surface area contributed by atoms with Crippen LogP contribution in [0.1, 0.15) is 0 Å². The first-order chi connectivity index (χ1) is 3.93. The van der Waals surface area contributed by atoms with E-state index in [0.717, 1.165) is 0 Å². The molecule has 8 heavy (non-hydrogen) atoms. The lowest BCUT2D eigenvalue weighted by Gasteiger charge is -1.84. The number of amides is 1. The third-order valence-electron chi connectivity index (χ3n) is 0.694. The number of carbonyl (C=O) groups excluding carboxylic acids is 1. The van der Waals surface area contributed by atoms with Crippen molar-refractivity contribution in [3.63, 3.8) is 0 Å². The fraction of sp³-hybridized carbons (Fsp3) is 0. The van der Waals surface area contributed by atoms with Gasteiger partial charge < -0.3 is 4.98 Å². The number of rotatable bonds is 2. The van der Waals surface area contributed by atoms with Crippen molar-refractivity contribution in [2.45, 2.75) is 0 Å². The Balaban J connectivity index is 2.62. The summed E-state index contributed by atoms with van der Waals surface area (Å²) in [5, 5.41) is 2.34. The lowest BCUT2D eigenvalue weighted by molar-refractivity contribution is -0.105. The molecule has 0 bridgehead atoms. The van der Waals surface area contributed by atoms with E-state index in [1.54, 1.807) is 12.4 Å². The zero-order valence-corrected chi connectivity index (χ0v) is 4.09. The van der Waals surface area contributed by atoms with Crippen molar-refractivity contribution in [3.8, 4) is 0 Å². The van der Waals surface area contributed by atoms with Crippen LogP contribution in [0.15, 0.2) is 12.4 Å². The quantitative estimate of drug-likeness (QED) is 0.527. The fourth-order valence-corrected chi connectivity index (χ4v) is 0.400. The van der Waals surface area contributed by atoms with E-state index in [1.807, 2.05) is 0 Å². The Bertz CT molecular complexity index is 158. The summed E-state index contributed by atoms with van der Waals surface area (Å²) in [5.41, 5.74) is 0. The predicted molar refractivity (Wildman–Crippen MR) is 28.3 cm³/mol. The minimum Gasteiger partial charge on any atom is -0.331 e. The molecule has 4 heteroatoms. The number of hydrogen-bond donors (Lipinski definition) is 2. The molecule has 0 saturated heterocycles. The van der Waals surface area contributed by atoms with E-state index in [4.69, 9.17) is 0 Å². The summed E-state index contributed by atoms with van der Waals surface area (Å²) < 4.78 is 0. The van der Waals surface area contributed by atoms with Crippen LogP contribution in [-0.4, -0.2) is 16.4 Å². The van der Waals surface area contributed by atoms with Crippen molar-refractivity contribution in [1.82, 2.24) is 9.97 Å². The fourth-order valence-electron chi connectivity index (χ4n) is 0.400. The van der Waals surface area contributed by atoms with Gasteiger partial charge in [0.1, 0.15) is 0 Å². The number of hydrogen-bond acceptors (Lipinski definition) is 2. The first kappa shape index (κ1) is 4.83. The zero-order chi connectivity index (χ0) is 5.82. The van der Waals surface area contributed by atoms with Gasteiger partial charge in [-0.3, -0.25) is 10.1 Å². The molecule has 0 aliphatic rings. The summed E-state index contributed by atoms with van der Waals surface area (Å²) in [5.74, 6) is 0.472. The van der Waals surface area contributed by atoms with Crippen LogP contribution in [0.25, 0.3) is 0 Å². The highest BCUT2D eigenvalue weighted by Gasteiger charge is 1.84. The SMILES string of the molecule is O=CNc1ncc[nH]1. The maximum atomic E-state index is 9.70. The third kappa shape index (κ3) is 0.841. The second kappa shape index (κ2) is 2.11. The molecule has 0 atom stereocenters. The lowest BCUT2D eigenvalue weighted by atomic mass is 11.0. The molecule has 0 aromatic carbocycles. The number of nitrogens with zero attached hydrogens (tertiary/aromatic N) is 1. The van der Waals surface area contributed by atoms with Crippen LogP contribution in [0.5, 0.6) is 0 Å². The molecule has 0 aliphatic heterocycles. The molecule has 1 aromatic rings. The Morgan fingerprint density at radius 1 is 1.88 bits per heavy atom. The second-order valence-electron chi connectivity index (χ2n) is 1.20. The van der Waals surface area contributed by atoms with Crippen molar-refractivity contribution in [2.75, 3.05) is 5.32 Å². The minimum atomic E-state index is 0.472. The Morgan fingerprint density at radius 3 is 3.25 bits per heavy atom. The highest BCUT2D eigenvalue weighted by Crippen LogP contribution is 1.89. The largest absolute Gasteiger partial charge is 0.331 e. The summed E-state index contributed by atoms with van der Waals surface area (Å²) in [6, 6.07) is 0. The lowest BCUT2D eigenvalue weighted by Crippen LogP contribution is -1.94. The van der Waals surface area contributed by atoms with E-state index in [9.17, 15) is 4.79 Å². The van der Waals surface area contributed by atoms with Crippen molar-refractivity contribution in [2.24, 2.45) is 0 Å². The van der Waals surface area contributed by atoms with Gasteiger partial charge in [-0.25, -0.2) is 4.98 Å². The van der Waals surface area contributed by atoms with Gasteiger partial charge in [0.2, 0.25) is 12.4 Å². The van der Waals surface area contributed by atoms with Crippen LogP contribution in [0.3, 0.4) is 0 Å². The van der Waals surface area contributed by atoms with Gasteiger partial charge in [0.15, 0.2) is 0 Å². The van der Waals surface area contributed by atoms with E-state index in [-0.39, 0.29) is 0 Å².